The molecule has 0 bridgehead atoms. The maximum Gasteiger partial charge on any atom is 0.325 e. The van der Waals surface area contributed by atoms with E-state index in [1.807, 2.05) is 0 Å². The van der Waals surface area contributed by atoms with Crippen molar-refractivity contribution in [3.63, 3.8) is 0 Å². The SMILES string of the molecule is N[C@H](C(=O)O)c1ccc(Cl)cc1CC(=O)O. The van der Waals surface area contributed by atoms with Crippen molar-refractivity contribution >= 4 is 23.5 Å². The second-order valence-electron chi connectivity index (χ2n) is 3.23. The van der Waals surface area contributed by atoms with Crippen molar-refractivity contribution in [2.75, 3.05) is 0 Å². The molecular weight excluding hydrogens is 234 g/mol. The van der Waals surface area contributed by atoms with Gasteiger partial charge < -0.3 is 15.9 Å². The van der Waals surface area contributed by atoms with Gasteiger partial charge in [0.15, 0.2) is 0 Å². The highest BCUT2D eigenvalue weighted by atomic mass is 35.5. The molecule has 0 fully saturated rings. The van der Waals surface area contributed by atoms with Crippen LogP contribution >= 0.6 is 11.6 Å². The van der Waals surface area contributed by atoms with Crippen LogP contribution < -0.4 is 5.73 Å². The van der Waals surface area contributed by atoms with Crippen LogP contribution in [-0.2, 0) is 16.0 Å². The van der Waals surface area contributed by atoms with E-state index in [-0.39, 0.29) is 12.0 Å². The standard InChI is InChI=1S/C10H10ClNO4/c11-6-1-2-7(9(12)10(15)16)5(3-6)4-8(13)14/h1-3,9H,4,12H2,(H,13,14)(H,15,16)/t9-/m0/s1. The molecule has 4 N–H and O–H groups in total. The fourth-order valence-electron chi connectivity index (χ4n) is 1.33. The van der Waals surface area contributed by atoms with Gasteiger partial charge in [0, 0.05) is 5.02 Å². The van der Waals surface area contributed by atoms with Crippen molar-refractivity contribution in [2.24, 2.45) is 5.73 Å². The van der Waals surface area contributed by atoms with Crippen molar-refractivity contribution in [1.29, 1.82) is 0 Å². The van der Waals surface area contributed by atoms with Crippen LogP contribution in [0.3, 0.4) is 0 Å². The van der Waals surface area contributed by atoms with E-state index in [4.69, 9.17) is 27.5 Å². The van der Waals surface area contributed by atoms with E-state index >= 15 is 0 Å². The molecule has 0 aliphatic carbocycles. The maximum absolute atomic E-state index is 10.7. The number of carbonyl (C=O) groups is 2. The van der Waals surface area contributed by atoms with Gasteiger partial charge in [0.05, 0.1) is 6.42 Å². The fourth-order valence-corrected chi connectivity index (χ4v) is 1.52. The molecule has 0 aliphatic heterocycles. The van der Waals surface area contributed by atoms with Gasteiger partial charge in [-0.25, -0.2) is 0 Å². The molecule has 0 saturated heterocycles. The molecule has 0 unspecified atom stereocenters. The lowest BCUT2D eigenvalue weighted by Gasteiger charge is -2.12. The first-order valence-electron chi connectivity index (χ1n) is 4.40. The number of nitrogens with two attached hydrogens (primary N) is 1. The van der Waals surface area contributed by atoms with E-state index in [9.17, 15) is 9.59 Å². The largest absolute Gasteiger partial charge is 0.481 e. The topological polar surface area (TPSA) is 101 Å². The van der Waals surface area contributed by atoms with Gasteiger partial charge in [0.25, 0.3) is 0 Å². The van der Waals surface area contributed by atoms with Gasteiger partial charge in [-0.1, -0.05) is 17.7 Å². The van der Waals surface area contributed by atoms with Gasteiger partial charge in [0.2, 0.25) is 0 Å². The Labute approximate surface area is 96.4 Å². The molecule has 86 valence electrons. The Hall–Kier alpha value is -1.59. The molecule has 0 saturated carbocycles. The van der Waals surface area contributed by atoms with Crippen molar-refractivity contribution in [2.45, 2.75) is 12.5 Å². The van der Waals surface area contributed by atoms with Crippen LogP contribution in [0.1, 0.15) is 17.2 Å². The summed E-state index contributed by atoms with van der Waals surface area (Å²) in [5.41, 5.74) is 6.01. The minimum Gasteiger partial charge on any atom is -0.481 e. The van der Waals surface area contributed by atoms with Crippen molar-refractivity contribution in [1.82, 2.24) is 0 Å². The summed E-state index contributed by atoms with van der Waals surface area (Å²) in [7, 11) is 0. The Balaban J connectivity index is 3.16. The second kappa shape index (κ2) is 4.96. The van der Waals surface area contributed by atoms with Crippen molar-refractivity contribution in [3.05, 3.63) is 34.3 Å². The molecule has 0 aromatic heterocycles. The summed E-state index contributed by atoms with van der Waals surface area (Å²) in [6, 6.07) is 3.07. The van der Waals surface area contributed by atoms with Crippen LogP contribution in [0.25, 0.3) is 0 Å². The number of benzene rings is 1. The van der Waals surface area contributed by atoms with E-state index in [1.54, 1.807) is 0 Å². The van der Waals surface area contributed by atoms with Crippen LogP contribution in [0.2, 0.25) is 5.02 Å². The third-order valence-corrected chi connectivity index (χ3v) is 2.28. The molecule has 5 nitrogen and oxygen atoms in total. The Morgan fingerprint density at radius 2 is 2.00 bits per heavy atom. The lowest BCUT2D eigenvalue weighted by molar-refractivity contribution is -0.139. The third kappa shape index (κ3) is 2.95. The summed E-state index contributed by atoms with van der Waals surface area (Å²) >= 11 is 5.70. The highest BCUT2D eigenvalue weighted by Gasteiger charge is 2.19. The first-order valence-corrected chi connectivity index (χ1v) is 4.78. The normalized spacial score (nSPS) is 12.1. The monoisotopic (exact) mass is 243 g/mol. The first kappa shape index (κ1) is 12.5. The zero-order chi connectivity index (χ0) is 12.3. The number of carboxylic acid groups (broad SMARTS) is 2. The minimum atomic E-state index is -1.24. The van der Waals surface area contributed by atoms with Crippen LogP contribution in [-0.4, -0.2) is 22.2 Å². The highest BCUT2D eigenvalue weighted by molar-refractivity contribution is 6.30. The number of carboxylic acids is 2. The first-order chi connectivity index (χ1) is 7.41. The van der Waals surface area contributed by atoms with Gasteiger partial charge in [-0.2, -0.15) is 0 Å². The molecule has 1 atom stereocenters. The van der Waals surface area contributed by atoms with E-state index in [0.29, 0.717) is 10.6 Å². The van der Waals surface area contributed by atoms with Crippen molar-refractivity contribution in [3.8, 4) is 0 Å². The van der Waals surface area contributed by atoms with E-state index < -0.39 is 18.0 Å². The Bertz CT molecular complexity index is 433. The molecule has 0 heterocycles. The van der Waals surface area contributed by atoms with Crippen LogP contribution in [0, 0.1) is 0 Å². The summed E-state index contributed by atoms with van der Waals surface area (Å²) in [6.07, 6.45) is -0.309. The molecule has 16 heavy (non-hydrogen) atoms. The number of aliphatic carboxylic acids is 2. The number of hydrogen-bond donors (Lipinski definition) is 3. The van der Waals surface area contributed by atoms with Gasteiger partial charge in [-0.3, -0.25) is 9.59 Å². The Morgan fingerprint density at radius 1 is 1.38 bits per heavy atom. The van der Waals surface area contributed by atoms with E-state index in [0.717, 1.165) is 0 Å². The average Bonchev–Trinajstić information content (AvgIpc) is 2.15. The number of hydrogen-bond acceptors (Lipinski definition) is 3. The average molecular weight is 244 g/mol. The zero-order valence-electron chi connectivity index (χ0n) is 8.18. The summed E-state index contributed by atoms with van der Waals surface area (Å²) in [4.78, 5) is 21.3. The summed E-state index contributed by atoms with van der Waals surface area (Å²) in [6.45, 7) is 0. The fraction of sp³-hybridized carbons (Fsp3) is 0.200. The van der Waals surface area contributed by atoms with Crippen LogP contribution in [0.4, 0.5) is 0 Å². The summed E-state index contributed by atoms with van der Waals surface area (Å²) < 4.78 is 0. The third-order valence-electron chi connectivity index (χ3n) is 2.05. The molecule has 0 amide bonds. The predicted octanol–water partition coefficient (Wildman–Crippen LogP) is 1.05. The lowest BCUT2D eigenvalue weighted by atomic mass is 9.99. The Kier molecular flexibility index (Phi) is 3.87. The number of halogens is 1. The van der Waals surface area contributed by atoms with E-state index in [1.165, 1.54) is 18.2 Å². The molecule has 1 aromatic rings. The summed E-state index contributed by atoms with van der Waals surface area (Å²) in [5.74, 6) is -2.28. The van der Waals surface area contributed by atoms with Crippen LogP contribution in [0.5, 0.6) is 0 Å². The molecular formula is C10H10ClNO4. The molecule has 0 spiro atoms. The molecule has 0 radical (unpaired) electrons. The minimum absolute atomic E-state index is 0.263. The van der Waals surface area contributed by atoms with Crippen molar-refractivity contribution < 1.29 is 19.8 Å². The van der Waals surface area contributed by atoms with Gasteiger partial charge >= 0.3 is 11.9 Å². The van der Waals surface area contributed by atoms with Gasteiger partial charge in [-0.05, 0) is 23.3 Å². The van der Waals surface area contributed by atoms with Gasteiger partial charge in [-0.15, -0.1) is 0 Å². The molecule has 6 heteroatoms. The number of rotatable bonds is 4. The quantitative estimate of drug-likeness (QED) is 0.734. The summed E-state index contributed by atoms with van der Waals surface area (Å²) in [5, 5.41) is 17.8. The zero-order valence-corrected chi connectivity index (χ0v) is 8.94. The molecule has 1 aromatic carbocycles. The van der Waals surface area contributed by atoms with Crippen LogP contribution in [0.15, 0.2) is 18.2 Å². The molecule has 1 rings (SSSR count). The predicted molar refractivity (Wildman–Crippen MR) is 57.4 cm³/mol. The lowest BCUT2D eigenvalue weighted by Crippen LogP contribution is -2.22. The highest BCUT2D eigenvalue weighted by Crippen LogP contribution is 2.21. The smallest absolute Gasteiger partial charge is 0.325 e. The van der Waals surface area contributed by atoms with Gasteiger partial charge in [0.1, 0.15) is 6.04 Å². The Morgan fingerprint density at radius 3 is 2.50 bits per heavy atom. The maximum atomic E-state index is 10.7. The molecule has 0 aliphatic rings. The second-order valence-corrected chi connectivity index (χ2v) is 3.67. The van der Waals surface area contributed by atoms with E-state index in [2.05, 4.69) is 0 Å².